The van der Waals surface area contributed by atoms with Crippen LogP contribution in [0.1, 0.15) is 27.6 Å². The Kier molecular flexibility index (Phi) is 6.38. The van der Waals surface area contributed by atoms with Crippen molar-refractivity contribution in [2.45, 2.75) is 6.92 Å². The summed E-state index contributed by atoms with van der Waals surface area (Å²) in [4.78, 5) is 32.4. The number of rotatable bonds is 7. The molecule has 1 amide bonds. The van der Waals surface area contributed by atoms with Gasteiger partial charge in [-0.3, -0.25) is 15.6 Å². The molecule has 2 aromatic carbocycles. The lowest BCUT2D eigenvalue weighted by molar-refractivity contribution is 0.0527. The number of nitrogens with zero attached hydrogens (tertiary/aromatic N) is 2. The summed E-state index contributed by atoms with van der Waals surface area (Å²) < 4.78 is 18.0. The molecule has 10 heteroatoms. The Morgan fingerprint density at radius 3 is 2.50 bits per heavy atom. The van der Waals surface area contributed by atoms with Gasteiger partial charge in [0.2, 0.25) is 0 Å². The molecule has 0 bridgehead atoms. The predicted octanol–water partition coefficient (Wildman–Crippen LogP) is 2.88. The van der Waals surface area contributed by atoms with Crippen LogP contribution in [0.5, 0.6) is 0 Å². The molecule has 1 aromatic heterocycles. The highest BCUT2D eigenvalue weighted by Crippen LogP contribution is 2.27. The summed E-state index contributed by atoms with van der Waals surface area (Å²) >= 11 is 0. The van der Waals surface area contributed by atoms with Gasteiger partial charge < -0.3 is 15.8 Å². The molecule has 30 heavy (non-hydrogen) atoms. The number of carbonyl (C=O) groups excluding carboxylic acids is 2. The van der Waals surface area contributed by atoms with Gasteiger partial charge in [-0.25, -0.2) is 19.2 Å². The summed E-state index contributed by atoms with van der Waals surface area (Å²) in [6, 6.07) is 11.8. The molecule has 154 valence electrons. The maximum atomic E-state index is 13.0. The van der Waals surface area contributed by atoms with Crippen molar-refractivity contribution >= 4 is 34.9 Å². The zero-order valence-corrected chi connectivity index (χ0v) is 16.0. The third kappa shape index (κ3) is 4.79. The Hall–Kier alpha value is -4.21. The maximum absolute atomic E-state index is 13.0. The molecule has 0 unspecified atom stereocenters. The van der Waals surface area contributed by atoms with Crippen LogP contribution < -0.4 is 21.9 Å². The monoisotopic (exact) mass is 410 g/mol. The van der Waals surface area contributed by atoms with Gasteiger partial charge in [0.25, 0.3) is 5.91 Å². The molecule has 0 fully saturated rings. The van der Waals surface area contributed by atoms with Crippen LogP contribution in [0.3, 0.4) is 0 Å². The van der Waals surface area contributed by atoms with E-state index in [1.54, 1.807) is 31.2 Å². The molecular formula is C20H19FN6O3. The number of amides is 1. The van der Waals surface area contributed by atoms with Gasteiger partial charge in [0, 0.05) is 5.56 Å². The lowest BCUT2D eigenvalue weighted by Gasteiger charge is -2.14. The van der Waals surface area contributed by atoms with Crippen molar-refractivity contribution in [3.63, 3.8) is 0 Å². The zero-order chi connectivity index (χ0) is 21.5. The number of ether oxygens (including phenoxy) is 1. The summed E-state index contributed by atoms with van der Waals surface area (Å²) in [5.74, 6) is -1.08. The minimum absolute atomic E-state index is 0.107. The number of benzene rings is 2. The summed E-state index contributed by atoms with van der Waals surface area (Å²) in [6.07, 6.45) is 1.23. The topological polar surface area (TPSA) is 131 Å². The van der Waals surface area contributed by atoms with Gasteiger partial charge in [0.05, 0.1) is 17.9 Å². The molecule has 0 saturated carbocycles. The Balaban J connectivity index is 1.75. The Labute approximate surface area is 171 Å². The first-order valence-corrected chi connectivity index (χ1v) is 8.95. The molecule has 0 aliphatic rings. The van der Waals surface area contributed by atoms with Crippen molar-refractivity contribution in [1.82, 2.24) is 15.4 Å². The number of hydrogen-bond donors (Lipinski definition) is 4. The molecular weight excluding hydrogens is 391 g/mol. The van der Waals surface area contributed by atoms with Gasteiger partial charge in [-0.2, -0.15) is 0 Å². The van der Waals surface area contributed by atoms with E-state index in [0.717, 1.165) is 0 Å². The normalized spacial score (nSPS) is 10.2. The van der Waals surface area contributed by atoms with Gasteiger partial charge >= 0.3 is 5.97 Å². The Bertz CT molecular complexity index is 1060. The number of carbonyl (C=O) groups is 2. The van der Waals surface area contributed by atoms with Gasteiger partial charge in [0.15, 0.2) is 11.6 Å². The first-order chi connectivity index (χ1) is 14.5. The fourth-order valence-corrected chi connectivity index (χ4v) is 2.49. The van der Waals surface area contributed by atoms with Crippen LogP contribution in [0.2, 0.25) is 0 Å². The second-order valence-corrected chi connectivity index (χ2v) is 5.96. The van der Waals surface area contributed by atoms with Gasteiger partial charge in [-0.05, 0) is 43.3 Å². The van der Waals surface area contributed by atoms with Crippen LogP contribution in [0.15, 0.2) is 54.9 Å². The number of nitrogen functional groups attached to an aromatic ring is 1. The number of nitrogens with one attached hydrogen (secondary N) is 3. The zero-order valence-electron chi connectivity index (χ0n) is 16.0. The van der Waals surface area contributed by atoms with Gasteiger partial charge in [-0.15, -0.1) is 0 Å². The average Bonchev–Trinajstić information content (AvgIpc) is 2.75. The minimum atomic E-state index is -0.504. The highest BCUT2D eigenvalue weighted by Gasteiger charge is 2.15. The van der Waals surface area contributed by atoms with E-state index in [9.17, 15) is 14.0 Å². The SMILES string of the molecule is CCOC(=O)c1ccccc1Nc1ncnc(NNC(=O)c2ccc(F)cc2)c1N. The molecule has 3 aromatic rings. The van der Waals surface area contributed by atoms with Crippen LogP contribution in [0, 0.1) is 5.82 Å². The molecule has 0 atom stereocenters. The van der Waals surface area contributed by atoms with E-state index < -0.39 is 17.7 Å². The third-order valence-electron chi connectivity index (χ3n) is 3.96. The molecule has 0 aliphatic heterocycles. The van der Waals surface area contributed by atoms with E-state index >= 15 is 0 Å². The average molecular weight is 410 g/mol. The predicted molar refractivity (Wildman–Crippen MR) is 110 cm³/mol. The van der Waals surface area contributed by atoms with Crippen LogP contribution >= 0.6 is 0 Å². The van der Waals surface area contributed by atoms with Crippen molar-refractivity contribution in [2.24, 2.45) is 0 Å². The summed E-state index contributed by atoms with van der Waals surface area (Å²) in [7, 11) is 0. The fourth-order valence-electron chi connectivity index (χ4n) is 2.49. The fraction of sp³-hybridized carbons (Fsp3) is 0.100. The number of nitrogens with two attached hydrogens (primary N) is 1. The Morgan fingerprint density at radius 1 is 1.07 bits per heavy atom. The number of hydrazine groups is 1. The van der Waals surface area contributed by atoms with Crippen LogP contribution in [-0.4, -0.2) is 28.5 Å². The van der Waals surface area contributed by atoms with Crippen molar-refractivity contribution in [1.29, 1.82) is 0 Å². The lowest BCUT2D eigenvalue weighted by Crippen LogP contribution is -2.30. The van der Waals surface area contributed by atoms with E-state index in [1.807, 2.05) is 0 Å². The molecule has 0 aliphatic carbocycles. The third-order valence-corrected chi connectivity index (χ3v) is 3.96. The number of hydrogen-bond acceptors (Lipinski definition) is 8. The Morgan fingerprint density at radius 2 is 1.77 bits per heavy atom. The lowest BCUT2D eigenvalue weighted by atomic mass is 10.2. The van der Waals surface area contributed by atoms with Crippen molar-refractivity contribution in [3.05, 3.63) is 71.8 Å². The highest BCUT2D eigenvalue weighted by molar-refractivity contribution is 5.97. The maximum Gasteiger partial charge on any atom is 0.340 e. The van der Waals surface area contributed by atoms with E-state index in [1.165, 1.54) is 30.6 Å². The van der Waals surface area contributed by atoms with Crippen LogP contribution in [-0.2, 0) is 4.74 Å². The van der Waals surface area contributed by atoms with Crippen molar-refractivity contribution < 1.29 is 18.7 Å². The van der Waals surface area contributed by atoms with Crippen LogP contribution in [0.25, 0.3) is 0 Å². The van der Waals surface area contributed by atoms with Gasteiger partial charge in [-0.1, -0.05) is 12.1 Å². The van der Waals surface area contributed by atoms with E-state index in [-0.39, 0.29) is 29.5 Å². The highest BCUT2D eigenvalue weighted by atomic mass is 19.1. The summed E-state index contributed by atoms with van der Waals surface area (Å²) in [5, 5.41) is 2.97. The number of halogens is 1. The number of para-hydroxylation sites is 1. The molecule has 0 saturated heterocycles. The van der Waals surface area contributed by atoms with Crippen molar-refractivity contribution in [3.8, 4) is 0 Å². The summed E-state index contributed by atoms with van der Waals surface area (Å²) in [6.45, 7) is 1.96. The number of aromatic nitrogens is 2. The summed E-state index contributed by atoms with van der Waals surface area (Å²) in [5.41, 5.74) is 12.3. The van der Waals surface area contributed by atoms with E-state index in [0.29, 0.717) is 11.3 Å². The first-order valence-electron chi connectivity index (χ1n) is 8.95. The van der Waals surface area contributed by atoms with E-state index in [4.69, 9.17) is 10.5 Å². The van der Waals surface area contributed by atoms with E-state index in [2.05, 4.69) is 26.1 Å². The number of esters is 1. The van der Waals surface area contributed by atoms with Crippen molar-refractivity contribution in [2.75, 3.05) is 23.1 Å². The van der Waals surface area contributed by atoms with Gasteiger partial charge in [0.1, 0.15) is 17.8 Å². The second-order valence-electron chi connectivity index (χ2n) is 5.96. The molecule has 0 spiro atoms. The molecule has 0 radical (unpaired) electrons. The standard InChI is InChI=1S/C20H19FN6O3/c1-2-30-20(29)14-5-3-4-6-15(14)25-17-16(22)18(24-11-23-17)26-27-19(28)12-7-9-13(21)10-8-12/h3-11H,2,22H2,1H3,(H,27,28)(H2,23,24,25,26). The second kappa shape index (κ2) is 9.32. The first kappa shape index (κ1) is 20.5. The largest absolute Gasteiger partial charge is 0.462 e. The smallest absolute Gasteiger partial charge is 0.340 e. The number of anilines is 4. The van der Waals surface area contributed by atoms with Crippen LogP contribution in [0.4, 0.5) is 27.4 Å². The molecule has 1 heterocycles. The molecule has 5 N–H and O–H groups in total. The molecule has 3 rings (SSSR count). The quantitative estimate of drug-likeness (QED) is 0.345. The molecule has 9 nitrogen and oxygen atoms in total. The minimum Gasteiger partial charge on any atom is -0.462 e.